The summed E-state index contributed by atoms with van der Waals surface area (Å²) in [6.45, 7) is 5.94. The minimum absolute atomic E-state index is 0.149. The smallest absolute Gasteiger partial charge is 0.230 e. The highest BCUT2D eigenvalue weighted by Gasteiger charge is 2.25. The van der Waals surface area contributed by atoms with Crippen LogP contribution in [0.2, 0.25) is 0 Å². The maximum absolute atomic E-state index is 12.6. The van der Waals surface area contributed by atoms with Gasteiger partial charge in [0.15, 0.2) is 0 Å². The van der Waals surface area contributed by atoms with Crippen molar-refractivity contribution in [1.29, 1.82) is 0 Å². The SMILES string of the molecule is CCC(CC)C(=O)N1CCCNc2ccccc21. The minimum Gasteiger partial charge on any atom is -0.383 e. The summed E-state index contributed by atoms with van der Waals surface area (Å²) in [5, 5.41) is 3.39. The molecule has 2 rings (SSSR count). The zero-order chi connectivity index (χ0) is 13.0. The molecule has 1 aliphatic heterocycles. The van der Waals surface area contributed by atoms with Crippen LogP contribution in [0.1, 0.15) is 33.1 Å². The molecule has 0 bridgehead atoms. The number of anilines is 2. The largest absolute Gasteiger partial charge is 0.383 e. The van der Waals surface area contributed by atoms with Gasteiger partial charge in [-0.2, -0.15) is 0 Å². The number of hydrogen-bond acceptors (Lipinski definition) is 2. The lowest BCUT2D eigenvalue weighted by Crippen LogP contribution is -2.36. The fourth-order valence-electron chi connectivity index (χ4n) is 2.53. The average Bonchev–Trinajstić information content (AvgIpc) is 2.62. The maximum Gasteiger partial charge on any atom is 0.230 e. The van der Waals surface area contributed by atoms with Gasteiger partial charge in [-0.25, -0.2) is 0 Å². The molecule has 0 saturated carbocycles. The Morgan fingerprint density at radius 1 is 1.33 bits per heavy atom. The van der Waals surface area contributed by atoms with E-state index in [1.165, 1.54) is 0 Å². The van der Waals surface area contributed by atoms with Crippen molar-refractivity contribution in [3.8, 4) is 0 Å². The van der Waals surface area contributed by atoms with Crippen molar-refractivity contribution in [2.24, 2.45) is 5.92 Å². The van der Waals surface area contributed by atoms with E-state index in [1.54, 1.807) is 0 Å². The summed E-state index contributed by atoms with van der Waals surface area (Å²) in [7, 11) is 0. The first-order valence-corrected chi connectivity index (χ1v) is 6.92. The minimum atomic E-state index is 0.149. The molecule has 0 spiro atoms. The highest BCUT2D eigenvalue weighted by atomic mass is 16.2. The third kappa shape index (κ3) is 2.50. The van der Waals surface area contributed by atoms with Gasteiger partial charge in [0.1, 0.15) is 0 Å². The predicted molar refractivity (Wildman–Crippen MR) is 76.0 cm³/mol. The van der Waals surface area contributed by atoms with Gasteiger partial charge in [0.25, 0.3) is 0 Å². The first kappa shape index (κ1) is 12.9. The molecule has 1 amide bonds. The second-order valence-corrected chi connectivity index (χ2v) is 4.80. The van der Waals surface area contributed by atoms with Crippen LogP contribution in [-0.2, 0) is 4.79 Å². The van der Waals surface area contributed by atoms with Gasteiger partial charge in [-0.15, -0.1) is 0 Å². The summed E-state index contributed by atoms with van der Waals surface area (Å²) >= 11 is 0. The standard InChI is InChI=1S/C15H22N2O/c1-3-12(4-2)15(18)17-11-7-10-16-13-8-5-6-9-14(13)17/h5-6,8-9,12,16H,3-4,7,10-11H2,1-2H3. The van der Waals surface area contributed by atoms with Crippen molar-refractivity contribution >= 4 is 17.3 Å². The molecule has 0 radical (unpaired) electrons. The van der Waals surface area contributed by atoms with Gasteiger partial charge in [-0.05, 0) is 31.4 Å². The average molecular weight is 246 g/mol. The Labute approximate surface area is 109 Å². The molecule has 3 heteroatoms. The van der Waals surface area contributed by atoms with Crippen LogP contribution in [0, 0.1) is 5.92 Å². The van der Waals surface area contributed by atoms with Gasteiger partial charge >= 0.3 is 0 Å². The first-order chi connectivity index (χ1) is 8.77. The molecule has 0 aliphatic carbocycles. The Hall–Kier alpha value is -1.51. The van der Waals surface area contributed by atoms with E-state index < -0.39 is 0 Å². The number of benzene rings is 1. The summed E-state index contributed by atoms with van der Waals surface area (Å²) in [5.74, 6) is 0.423. The molecule has 0 unspecified atom stereocenters. The van der Waals surface area contributed by atoms with Crippen molar-refractivity contribution in [1.82, 2.24) is 0 Å². The Kier molecular flexibility index (Phi) is 4.24. The second-order valence-electron chi connectivity index (χ2n) is 4.80. The Morgan fingerprint density at radius 3 is 2.78 bits per heavy atom. The van der Waals surface area contributed by atoms with E-state index in [4.69, 9.17) is 0 Å². The molecule has 1 heterocycles. The van der Waals surface area contributed by atoms with Crippen LogP contribution in [0.15, 0.2) is 24.3 Å². The second kappa shape index (κ2) is 5.89. The van der Waals surface area contributed by atoms with Crippen molar-refractivity contribution in [2.45, 2.75) is 33.1 Å². The van der Waals surface area contributed by atoms with Gasteiger partial charge < -0.3 is 10.2 Å². The fourth-order valence-corrected chi connectivity index (χ4v) is 2.53. The van der Waals surface area contributed by atoms with Crippen LogP contribution >= 0.6 is 0 Å². The lowest BCUT2D eigenvalue weighted by Gasteiger charge is -2.26. The Morgan fingerprint density at radius 2 is 2.06 bits per heavy atom. The van der Waals surface area contributed by atoms with Crippen molar-refractivity contribution in [2.75, 3.05) is 23.3 Å². The molecule has 0 fully saturated rings. The summed E-state index contributed by atoms with van der Waals surface area (Å²) in [6, 6.07) is 8.09. The number of nitrogens with zero attached hydrogens (tertiary/aromatic N) is 1. The van der Waals surface area contributed by atoms with Crippen molar-refractivity contribution in [3.05, 3.63) is 24.3 Å². The summed E-state index contributed by atoms with van der Waals surface area (Å²) in [6.07, 6.45) is 2.84. The topological polar surface area (TPSA) is 32.3 Å². The fraction of sp³-hybridized carbons (Fsp3) is 0.533. The number of carbonyl (C=O) groups is 1. The maximum atomic E-state index is 12.6. The zero-order valence-corrected chi connectivity index (χ0v) is 11.3. The van der Waals surface area contributed by atoms with Gasteiger partial charge in [-0.1, -0.05) is 26.0 Å². The molecule has 3 nitrogen and oxygen atoms in total. The molecular weight excluding hydrogens is 224 g/mol. The molecule has 98 valence electrons. The van der Waals surface area contributed by atoms with E-state index in [1.807, 2.05) is 29.2 Å². The number of para-hydroxylation sites is 2. The summed E-state index contributed by atoms with van der Waals surface area (Å²) in [5.41, 5.74) is 2.11. The van der Waals surface area contributed by atoms with Gasteiger partial charge in [0.05, 0.1) is 11.4 Å². The monoisotopic (exact) mass is 246 g/mol. The van der Waals surface area contributed by atoms with Crippen LogP contribution in [0.3, 0.4) is 0 Å². The van der Waals surface area contributed by atoms with Crippen LogP contribution in [0.25, 0.3) is 0 Å². The zero-order valence-electron chi connectivity index (χ0n) is 11.3. The third-order valence-electron chi connectivity index (χ3n) is 3.67. The normalized spacial score (nSPS) is 14.9. The number of hydrogen-bond donors (Lipinski definition) is 1. The number of nitrogens with one attached hydrogen (secondary N) is 1. The number of rotatable bonds is 3. The Balaban J connectivity index is 2.30. The quantitative estimate of drug-likeness (QED) is 0.887. The molecule has 1 aliphatic rings. The van der Waals surface area contributed by atoms with E-state index in [-0.39, 0.29) is 11.8 Å². The summed E-state index contributed by atoms with van der Waals surface area (Å²) < 4.78 is 0. The molecular formula is C15H22N2O. The highest BCUT2D eigenvalue weighted by Crippen LogP contribution is 2.30. The van der Waals surface area contributed by atoms with Crippen molar-refractivity contribution in [3.63, 3.8) is 0 Å². The predicted octanol–water partition coefficient (Wildman–Crippen LogP) is 3.27. The van der Waals surface area contributed by atoms with E-state index >= 15 is 0 Å². The Bertz CT molecular complexity index is 413. The molecule has 1 aromatic rings. The first-order valence-electron chi connectivity index (χ1n) is 6.92. The highest BCUT2D eigenvalue weighted by molar-refractivity contribution is 5.98. The van der Waals surface area contributed by atoms with Crippen LogP contribution in [0.4, 0.5) is 11.4 Å². The number of amides is 1. The van der Waals surface area contributed by atoms with E-state index in [0.29, 0.717) is 0 Å². The number of fused-ring (bicyclic) bond motifs is 1. The molecule has 1 N–H and O–H groups in total. The molecule has 1 aromatic carbocycles. The van der Waals surface area contributed by atoms with Crippen molar-refractivity contribution < 1.29 is 4.79 Å². The van der Waals surface area contributed by atoms with E-state index in [2.05, 4.69) is 19.2 Å². The van der Waals surface area contributed by atoms with Crippen LogP contribution in [0.5, 0.6) is 0 Å². The molecule has 0 aromatic heterocycles. The van der Waals surface area contributed by atoms with E-state index in [9.17, 15) is 4.79 Å². The lowest BCUT2D eigenvalue weighted by atomic mass is 10.0. The van der Waals surface area contributed by atoms with E-state index in [0.717, 1.165) is 43.7 Å². The summed E-state index contributed by atoms with van der Waals surface area (Å²) in [4.78, 5) is 14.5. The third-order valence-corrected chi connectivity index (χ3v) is 3.67. The van der Waals surface area contributed by atoms with Crippen LogP contribution in [-0.4, -0.2) is 19.0 Å². The number of carbonyl (C=O) groups excluding carboxylic acids is 1. The van der Waals surface area contributed by atoms with Gasteiger partial charge in [0, 0.05) is 19.0 Å². The van der Waals surface area contributed by atoms with Gasteiger partial charge in [-0.3, -0.25) is 4.79 Å². The molecule has 0 atom stereocenters. The molecule has 18 heavy (non-hydrogen) atoms. The lowest BCUT2D eigenvalue weighted by molar-refractivity contribution is -0.122. The van der Waals surface area contributed by atoms with Gasteiger partial charge in [0.2, 0.25) is 5.91 Å². The van der Waals surface area contributed by atoms with Crippen LogP contribution < -0.4 is 10.2 Å². The molecule has 0 saturated heterocycles.